The van der Waals surface area contributed by atoms with Crippen molar-refractivity contribution in [3.8, 4) is 11.5 Å². The number of carbonyl (C=O) groups excluding carboxylic acids is 1. The predicted octanol–water partition coefficient (Wildman–Crippen LogP) is 5.95. The molecule has 1 aliphatic rings. The number of amides is 2. The molecule has 0 aliphatic carbocycles. The molecule has 1 aromatic carbocycles. The van der Waals surface area contributed by atoms with E-state index in [1.807, 2.05) is 11.9 Å². The number of nitrogens with one attached hydrogen (secondary N) is 3. The Morgan fingerprint density at radius 2 is 1.90 bits per heavy atom. The fourth-order valence-electron chi connectivity index (χ4n) is 4.30. The molecule has 4 aromatic rings. The number of ether oxygens (including phenoxy) is 1. The molecule has 3 N–H and O–H groups in total. The number of hydrogen-bond donors (Lipinski definition) is 3. The number of pyridine rings is 2. The van der Waals surface area contributed by atoms with Crippen molar-refractivity contribution in [3.63, 3.8) is 0 Å². The molecule has 1 fully saturated rings. The topological polar surface area (TPSA) is 98.4 Å². The average Bonchev–Trinajstić information content (AvgIpc) is 3.29. The smallest absolute Gasteiger partial charge is 0.418 e. The standard InChI is InChI=1S/C26H24ClF4N7O2/c1-37-6-8-38(9-7-37)14-21-17(26(29,30)31)10-15(12-33-21)35-25(39)36-20-3-2-16(11-19(20)28)40-22-4-5-32-24-23(22)18(27)13-34-24/h2-5,10-13H,6-9,14H2,1H3,(H,32,34)(H2,35,36,39). The average molecular weight is 578 g/mol. The highest BCUT2D eigenvalue weighted by molar-refractivity contribution is 6.36. The highest BCUT2D eigenvalue weighted by atomic mass is 35.5. The first-order valence-corrected chi connectivity index (χ1v) is 12.6. The first-order valence-electron chi connectivity index (χ1n) is 12.2. The number of alkyl halides is 3. The lowest BCUT2D eigenvalue weighted by Gasteiger charge is -2.32. The van der Waals surface area contributed by atoms with E-state index in [2.05, 4.69) is 30.5 Å². The first kappa shape index (κ1) is 27.6. The number of nitrogens with zero attached hydrogens (tertiary/aromatic N) is 4. The second kappa shape index (κ2) is 11.3. The number of fused-ring (bicyclic) bond motifs is 1. The van der Waals surface area contributed by atoms with Crippen LogP contribution in [0.25, 0.3) is 11.0 Å². The molecule has 9 nitrogen and oxygen atoms in total. The number of anilines is 2. The Labute approximate surface area is 231 Å². The minimum Gasteiger partial charge on any atom is -0.456 e. The lowest BCUT2D eigenvalue weighted by Crippen LogP contribution is -2.44. The van der Waals surface area contributed by atoms with Crippen LogP contribution in [0.2, 0.25) is 5.02 Å². The van der Waals surface area contributed by atoms with Crippen LogP contribution in [0.3, 0.4) is 0 Å². The van der Waals surface area contributed by atoms with Crippen molar-refractivity contribution in [1.29, 1.82) is 0 Å². The Balaban J connectivity index is 1.26. The number of carbonyl (C=O) groups is 1. The molecule has 14 heteroatoms. The number of halogens is 5. The zero-order valence-electron chi connectivity index (χ0n) is 21.1. The minimum atomic E-state index is -4.67. The van der Waals surface area contributed by atoms with Gasteiger partial charge in [-0.25, -0.2) is 14.2 Å². The van der Waals surface area contributed by atoms with Gasteiger partial charge in [0, 0.05) is 51.2 Å². The lowest BCUT2D eigenvalue weighted by molar-refractivity contribution is -0.138. The number of rotatable bonds is 6. The third kappa shape index (κ3) is 6.27. The van der Waals surface area contributed by atoms with E-state index in [9.17, 15) is 22.4 Å². The molecule has 0 saturated carbocycles. The van der Waals surface area contributed by atoms with E-state index in [1.54, 1.807) is 12.3 Å². The van der Waals surface area contributed by atoms with Gasteiger partial charge in [0.2, 0.25) is 0 Å². The van der Waals surface area contributed by atoms with Crippen LogP contribution in [-0.2, 0) is 12.7 Å². The molecule has 0 spiro atoms. The van der Waals surface area contributed by atoms with Crippen molar-refractivity contribution in [2.45, 2.75) is 12.7 Å². The molecule has 5 rings (SSSR count). The van der Waals surface area contributed by atoms with Crippen molar-refractivity contribution >= 4 is 40.0 Å². The summed E-state index contributed by atoms with van der Waals surface area (Å²) in [7, 11) is 1.95. The van der Waals surface area contributed by atoms with Crippen molar-refractivity contribution in [2.75, 3.05) is 43.9 Å². The van der Waals surface area contributed by atoms with Crippen LogP contribution in [0.15, 0.2) is 48.9 Å². The largest absolute Gasteiger partial charge is 0.456 e. The summed E-state index contributed by atoms with van der Waals surface area (Å²) in [5.41, 5.74) is -0.965. The van der Waals surface area contributed by atoms with Crippen LogP contribution in [-0.4, -0.2) is 64.0 Å². The summed E-state index contributed by atoms with van der Waals surface area (Å²) in [6.07, 6.45) is -0.475. The van der Waals surface area contributed by atoms with Gasteiger partial charge < -0.3 is 25.3 Å². The maximum Gasteiger partial charge on any atom is 0.418 e. The number of aromatic amines is 1. The number of piperazine rings is 1. The van der Waals surface area contributed by atoms with E-state index >= 15 is 0 Å². The summed E-state index contributed by atoms with van der Waals surface area (Å²) in [6, 6.07) is 5.19. The first-order chi connectivity index (χ1) is 19.1. The molecular weight excluding hydrogens is 554 g/mol. The number of likely N-dealkylation sites (N-methyl/N-ethyl adjacent to an activating group) is 1. The molecule has 0 bridgehead atoms. The summed E-state index contributed by atoms with van der Waals surface area (Å²) in [6.45, 7) is 2.79. The Bertz CT molecular complexity index is 1540. The SMILES string of the molecule is CN1CCN(Cc2ncc(NC(=O)Nc3ccc(Oc4ccnc5[nH]cc(Cl)c45)cc3F)cc2C(F)(F)F)CC1. The fourth-order valence-corrected chi connectivity index (χ4v) is 4.53. The Morgan fingerprint density at radius 3 is 2.62 bits per heavy atom. The quantitative estimate of drug-likeness (QED) is 0.245. The van der Waals surface area contributed by atoms with Crippen LogP contribution in [0.1, 0.15) is 11.3 Å². The van der Waals surface area contributed by atoms with E-state index in [0.717, 1.165) is 31.4 Å². The summed E-state index contributed by atoms with van der Waals surface area (Å²) < 4.78 is 61.9. The summed E-state index contributed by atoms with van der Waals surface area (Å²) in [5.74, 6) is -0.351. The van der Waals surface area contributed by atoms with E-state index in [0.29, 0.717) is 34.9 Å². The minimum absolute atomic E-state index is 0.0378. The number of urea groups is 1. The second-order valence-electron chi connectivity index (χ2n) is 9.29. The Hall–Kier alpha value is -3.94. The van der Waals surface area contributed by atoms with Crippen LogP contribution in [0, 0.1) is 5.82 Å². The van der Waals surface area contributed by atoms with Crippen LogP contribution in [0.4, 0.5) is 33.7 Å². The van der Waals surface area contributed by atoms with Gasteiger partial charge in [0.05, 0.1) is 39.2 Å². The van der Waals surface area contributed by atoms with E-state index in [1.165, 1.54) is 18.3 Å². The lowest BCUT2D eigenvalue weighted by atomic mass is 10.1. The second-order valence-corrected chi connectivity index (χ2v) is 9.69. The van der Waals surface area contributed by atoms with Gasteiger partial charge in [-0.05, 0) is 31.3 Å². The normalized spacial score (nSPS) is 14.8. The van der Waals surface area contributed by atoms with Gasteiger partial charge in [-0.2, -0.15) is 13.2 Å². The Morgan fingerprint density at radius 1 is 1.12 bits per heavy atom. The van der Waals surface area contributed by atoms with Gasteiger partial charge in [0.15, 0.2) is 0 Å². The summed E-state index contributed by atoms with van der Waals surface area (Å²) >= 11 is 6.17. The number of H-pyrrole nitrogens is 1. The van der Waals surface area contributed by atoms with Gasteiger partial charge in [0.25, 0.3) is 0 Å². The highest BCUT2D eigenvalue weighted by Gasteiger charge is 2.35. The highest BCUT2D eigenvalue weighted by Crippen LogP contribution is 2.35. The van der Waals surface area contributed by atoms with Crippen molar-refractivity contribution in [2.24, 2.45) is 0 Å². The maximum absolute atomic E-state index is 14.8. The monoisotopic (exact) mass is 577 g/mol. The molecular formula is C26H24ClF4N7O2. The Kier molecular flexibility index (Phi) is 7.79. The van der Waals surface area contributed by atoms with Crippen molar-refractivity contribution in [3.05, 3.63) is 71.0 Å². The molecule has 40 heavy (non-hydrogen) atoms. The number of aromatic nitrogens is 3. The zero-order valence-corrected chi connectivity index (χ0v) is 21.9. The van der Waals surface area contributed by atoms with Gasteiger partial charge in [-0.15, -0.1) is 0 Å². The van der Waals surface area contributed by atoms with Crippen LogP contribution < -0.4 is 15.4 Å². The molecule has 2 amide bonds. The molecule has 4 heterocycles. The molecule has 210 valence electrons. The van der Waals surface area contributed by atoms with Gasteiger partial charge >= 0.3 is 12.2 Å². The van der Waals surface area contributed by atoms with E-state index in [-0.39, 0.29) is 29.4 Å². The zero-order chi connectivity index (χ0) is 28.4. The summed E-state index contributed by atoms with van der Waals surface area (Å²) in [5, 5.41) is 5.48. The van der Waals surface area contributed by atoms with Crippen LogP contribution in [0.5, 0.6) is 11.5 Å². The van der Waals surface area contributed by atoms with Gasteiger partial charge in [-0.3, -0.25) is 9.88 Å². The van der Waals surface area contributed by atoms with Gasteiger partial charge in [-0.1, -0.05) is 11.6 Å². The maximum atomic E-state index is 14.8. The molecule has 3 aromatic heterocycles. The number of benzene rings is 1. The van der Waals surface area contributed by atoms with E-state index in [4.69, 9.17) is 16.3 Å². The van der Waals surface area contributed by atoms with Gasteiger partial charge in [0.1, 0.15) is 23.0 Å². The fraction of sp³-hybridized carbons (Fsp3) is 0.269. The summed E-state index contributed by atoms with van der Waals surface area (Å²) in [4.78, 5) is 27.5. The predicted molar refractivity (Wildman–Crippen MR) is 142 cm³/mol. The third-order valence-electron chi connectivity index (χ3n) is 6.41. The molecule has 0 radical (unpaired) electrons. The van der Waals surface area contributed by atoms with E-state index < -0.39 is 23.6 Å². The molecule has 1 saturated heterocycles. The number of hydrogen-bond acceptors (Lipinski definition) is 6. The molecule has 0 atom stereocenters. The van der Waals surface area contributed by atoms with Crippen LogP contribution >= 0.6 is 11.6 Å². The molecule has 0 unspecified atom stereocenters. The molecule has 1 aliphatic heterocycles. The third-order valence-corrected chi connectivity index (χ3v) is 6.70. The van der Waals surface area contributed by atoms with Crippen molar-refractivity contribution < 1.29 is 27.1 Å². The van der Waals surface area contributed by atoms with Crippen molar-refractivity contribution in [1.82, 2.24) is 24.8 Å².